The van der Waals surface area contributed by atoms with E-state index in [1.54, 1.807) is 0 Å². The first-order chi connectivity index (χ1) is 9.61. The second kappa shape index (κ2) is 10.5. The normalized spacial score (nSPS) is 14.2. The van der Waals surface area contributed by atoms with E-state index in [1.165, 1.54) is 0 Å². The van der Waals surface area contributed by atoms with Gasteiger partial charge in [0.25, 0.3) is 0 Å². The van der Waals surface area contributed by atoms with Gasteiger partial charge in [0.15, 0.2) is 0 Å². The first-order valence-corrected chi connectivity index (χ1v) is 8.46. The van der Waals surface area contributed by atoms with Crippen LogP contribution in [0, 0.1) is 0 Å². The van der Waals surface area contributed by atoms with Gasteiger partial charge >= 0.3 is 0 Å². The number of rotatable bonds is 10. The first-order valence-electron chi connectivity index (χ1n) is 6.93. The van der Waals surface area contributed by atoms with Crippen LogP contribution in [0.5, 0.6) is 0 Å². The van der Waals surface area contributed by atoms with Gasteiger partial charge in [-0.05, 0) is 30.4 Å². The molecule has 0 aliphatic rings. The molecule has 0 aliphatic carbocycles. The van der Waals surface area contributed by atoms with Gasteiger partial charge in [0.1, 0.15) is 0 Å². The van der Waals surface area contributed by atoms with Crippen molar-refractivity contribution in [3.63, 3.8) is 0 Å². The van der Waals surface area contributed by atoms with Gasteiger partial charge in [0.05, 0.1) is 19.3 Å². The second-order valence-electron chi connectivity index (χ2n) is 4.76. The molecule has 0 spiro atoms. The minimum absolute atomic E-state index is 0.337. The highest BCUT2D eigenvalue weighted by molar-refractivity contribution is 7.99. The van der Waals surface area contributed by atoms with Crippen LogP contribution in [0.1, 0.15) is 19.4 Å². The van der Waals surface area contributed by atoms with Gasteiger partial charge in [-0.25, -0.2) is 0 Å². The van der Waals surface area contributed by atoms with E-state index >= 15 is 0 Å². The Morgan fingerprint density at radius 2 is 2.05 bits per heavy atom. The quantitative estimate of drug-likeness (QED) is 0.696. The third kappa shape index (κ3) is 8.12. The molecular formula is C15H24ClNO2S. The molecule has 1 aromatic carbocycles. The summed E-state index contributed by atoms with van der Waals surface area (Å²) >= 11 is 7.71. The van der Waals surface area contributed by atoms with E-state index in [-0.39, 0.29) is 0 Å². The maximum atomic E-state index is 9.83. The molecule has 0 heterocycles. The van der Waals surface area contributed by atoms with Gasteiger partial charge < -0.3 is 15.2 Å². The number of hydrogen-bond acceptors (Lipinski definition) is 4. The second-order valence-corrected chi connectivity index (χ2v) is 6.52. The van der Waals surface area contributed by atoms with Crippen LogP contribution in [-0.2, 0) is 11.3 Å². The lowest BCUT2D eigenvalue weighted by molar-refractivity contribution is 0.0281. The summed E-state index contributed by atoms with van der Waals surface area (Å²) in [5.74, 6) is 2.19. The Morgan fingerprint density at radius 1 is 1.35 bits per heavy atom. The molecule has 114 valence electrons. The molecule has 3 nitrogen and oxygen atoms in total. The molecule has 0 bridgehead atoms. The Hall–Kier alpha value is -0.260. The third-order valence-corrected chi connectivity index (χ3v) is 4.16. The molecule has 20 heavy (non-hydrogen) atoms. The molecule has 0 radical (unpaired) electrons. The highest BCUT2D eigenvalue weighted by Crippen LogP contribution is 2.10. The Balaban J connectivity index is 2.10. The molecule has 2 atom stereocenters. The number of aliphatic hydroxyl groups excluding tert-OH is 1. The Morgan fingerprint density at radius 3 is 2.70 bits per heavy atom. The lowest BCUT2D eigenvalue weighted by Gasteiger charge is -2.17. The summed E-state index contributed by atoms with van der Waals surface area (Å²) in [4.78, 5) is 0. The van der Waals surface area contributed by atoms with Crippen molar-refractivity contribution in [2.75, 3.05) is 24.7 Å². The van der Waals surface area contributed by atoms with E-state index in [4.69, 9.17) is 16.3 Å². The zero-order chi connectivity index (χ0) is 14.8. The van der Waals surface area contributed by atoms with Crippen molar-refractivity contribution in [3.05, 3.63) is 34.9 Å². The Kier molecular flexibility index (Phi) is 9.31. The van der Waals surface area contributed by atoms with Crippen LogP contribution >= 0.6 is 23.4 Å². The fourth-order valence-electron chi connectivity index (χ4n) is 1.64. The molecule has 5 heteroatoms. The van der Waals surface area contributed by atoms with Crippen molar-refractivity contribution in [2.24, 2.45) is 0 Å². The summed E-state index contributed by atoms with van der Waals surface area (Å²) in [6.07, 6.45) is -0.476. The maximum absolute atomic E-state index is 9.83. The average Bonchev–Trinajstić information content (AvgIpc) is 2.45. The van der Waals surface area contributed by atoms with Gasteiger partial charge in [-0.1, -0.05) is 30.7 Å². The fraction of sp³-hybridized carbons (Fsp3) is 0.600. The van der Waals surface area contributed by atoms with Crippen molar-refractivity contribution in [2.45, 2.75) is 32.6 Å². The number of thioether (sulfide) groups is 1. The summed E-state index contributed by atoms with van der Waals surface area (Å²) in [5.41, 5.74) is 1.06. The highest BCUT2D eigenvalue weighted by atomic mass is 35.5. The molecule has 0 saturated carbocycles. The summed E-state index contributed by atoms with van der Waals surface area (Å²) < 4.78 is 5.50. The average molecular weight is 318 g/mol. The van der Waals surface area contributed by atoms with E-state index in [9.17, 15) is 5.11 Å². The third-order valence-electron chi connectivity index (χ3n) is 2.77. The van der Waals surface area contributed by atoms with Crippen molar-refractivity contribution < 1.29 is 9.84 Å². The number of aliphatic hydroxyl groups is 1. The summed E-state index contributed by atoms with van der Waals surface area (Å²) in [7, 11) is 0. The van der Waals surface area contributed by atoms with Crippen LogP contribution < -0.4 is 5.32 Å². The molecule has 1 aromatic rings. The number of hydrogen-bond donors (Lipinski definition) is 2. The minimum atomic E-state index is -0.476. The monoisotopic (exact) mass is 317 g/mol. The molecule has 0 aliphatic heterocycles. The molecular weight excluding hydrogens is 294 g/mol. The molecule has 0 saturated heterocycles. The van der Waals surface area contributed by atoms with Gasteiger partial charge in [-0.2, -0.15) is 11.8 Å². The van der Waals surface area contributed by atoms with Crippen molar-refractivity contribution in [1.29, 1.82) is 0 Å². The van der Waals surface area contributed by atoms with Crippen LogP contribution in [0.4, 0.5) is 0 Å². The van der Waals surface area contributed by atoms with Gasteiger partial charge in [-0.3, -0.25) is 0 Å². The number of benzene rings is 1. The largest absolute Gasteiger partial charge is 0.389 e. The van der Waals surface area contributed by atoms with E-state index in [1.807, 2.05) is 36.0 Å². The number of halogens is 1. The lowest BCUT2D eigenvalue weighted by atomic mass is 10.2. The predicted octanol–water partition coefficient (Wildman–Crippen LogP) is 2.95. The smallest absolute Gasteiger partial charge is 0.0897 e. The zero-order valence-corrected chi connectivity index (χ0v) is 13.7. The molecule has 1 rings (SSSR count). The maximum Gasteiger partial charge on any atom is 0.0897 e. The van der Waals surface area contributed by atoms with Crippen molar-refractivity contribution in [1.82, 2.24) is 5.32 Å². The van der Waals surface area contributed by atoms with E-state index < -0.39 is 6.10 Å². The predicted molar refractivity (Wildman–Crippen MR) is 87.6 cm³/mol. The van der Waals surface area contributed by atoms with E-state index in [0.717, 1.165) is 22.1 Å². The Labute approximate surface area is 131 Å². The van der Waals surface area contributed by atoms with Crippen LogP contribution in [0.3, 0.4) is 0 Å². The highest BCUT2D eigenvalue weighted by Gasteiger charge is 2.07. The van der Waals surface area contributed by atoms with Crippen LogP contribution in [0.15, 0.2) is 24.3 Å². The SMILES string of the molecule is CCSCC(C)NCC(O)COCc1ccc(Cl)cc1. The van der Waals surface area contributed by atoms with Gasteiger partial charge in [0.2, 0.25) is 0 Å². The number of nitrogens with one attached hydrogen (secondary N) is 1. The molecule has 0 aromatic heterocycles. The summed E-state index contributed by atoms with van der Waals surface area (Å²) in [6.45, 7) is 5.67. The summed E-state index contributed by atoms with van der Waals surface area (Å²) in [5, 5.41) is 13.9. The minimum Gasteiger partial charge on any atom is -0.389 e. The molecule has 0 fully saturated rings. The molecule has 2 N–H and O–H groups in total. The van der Waals surface area contributed by atoms with Gasteiger partial charge in [-0.15, -0.1) is 0 Å². The fourth-order valence-corrected chi connectivity index (χ4v) is 2.48. The van der Waals surface area contributed by atoms with Crippen LogP contribution in [0.2, 0.25) is 5.02 Å². The topological polar surface area (TPSA) is 41.5 Å². The lowest BCUT2D eigenvalue weighted by Crippen LogP contribution is -2.37. The van der Waals surface area contributed by atoms with Gasteiger partial charge in [0, 0.05) is 23.4 Å². The standard InChI is InChI=1S/C15H24ClNO2S/c1-3-20-11-12(2)17-8-15(18)10-19-9-13-4-6-14(16)7-5-13/h4-7,12,15,17-18H,3,8-11H2,1-2H3. The Bertz CT molecular complexity index is 361. The van der Waals surface area contributed by atoms with Crippen LogP contribution in [0.25, 0.3) is 0 Å². The summed E-state index contributed by atoms with van der Waals surface area (Å²) in [6, 6.07) is 7.94. The van der Waals surface area contributed by atoms with Crippen molar-refractivity contribution in [3.8, 4) is 0 Å². The number of ether oxygens (including phenoxy) is 1. The molecule has 0 amide bonds. The van der Waals surface area contributed by atoms with Crippen LogP contribution in [-0.4, -0.2) is 41.9 Å². The van der Waals surface area contributed by atoms with Crippen molar-refractivity contribution >= 4 is 23.4 Å². The zero-order valence-electron chi connectivity index (χ0n) is 12.1. The first kappa shape index (κ1) is 17.8. The van der Waals surface area contributed by atoms with E-state index in [2.05, 4.69) is 19.2 Å². The molecule has 2 unspecified atom stereocenters. The van der Waals surface area contributed by atoms with E-state index in [0.29, 0.717) is 25.8 Å².